The lowest BCUT2D eigenvalue weighted by atomic mass is 10.1. The van der Waals surface area contributed by atoms with E-state index < -0.39 is 0 Å². The number of hydrogen-bond acceptors (Lipinski definition) is 7. The number of hydrogen-bond donors (Lipinski definition) is 4. The average Bonchev–Trinajstić information content (AvgIpc) is 3.10. The summed E-state index contributed by atoms with van der Waals surface area (Å²) in [5.41, 5.74) is 2.49. The fourth-order valence-electron chi connectivity index (χ4n) is 3.84. The molecule has 33 heavy (non-hydrogen) atoms. The summed E-state index contributed by atoms with van der Waals surface area (Å²) in [5, 5.41) is 14.6. The zero-order valence-corrected chi connectivity index (χ0v) is 20.3. The number of nitrogens with zero attached hydrogens (tertiary/aromatic N) is 2. The summed E-state index contributed by atoms with van der Waals surface area (Å²) in [6, 6.07) is 9.36. The summed E-state index contributed by atoms with van der Waals surface area (Å²) < 4.78 is 1.02. The van der Waals surface area contributed by atoms with Gasteiger partial charge < -0.3 is 21.3 Å². The number of benzene rings is 1. The van der Waals surface area contributed by atoms with E-state index in [0.29, 0.717) is 34.8 Å². The van der Waals surface area contributed by atoms with Gasteiger partial charge in [-0.3, -0.25) is 9.59 Å². The van der Waals surface area contributed by atoms with Crippen LogP contribution < -0.4 is 21.3 Å². The van der Waals surface area contributed by atoms with E-state index in [4.69, 9.17) is 16.6 Å². The predicted octanol–water partition coefficient (Wildman–Crippen LogP) is 4.35. The van der Waals surface area contributed by atoms with Gasteiger partial charge in [0.2, 0.25) is 0 Å². The summed E-state index contributed by atoms with van der Waals surface area (Å²) in [6.07, 6.45) is 1.85. The maximum atomic E-state index is 12.6. The van der Waals surface area contributed by atoms with Gasteiger partial charge in [0.1, 0.15) is 15.8 Å². The molecule has 2 amide bonds. The van der Waals surface area contributed by atoms with Crippen LogP contribution >= 0.6 is 32.2 Å². The molecule has 1 aliphatic rings. The molecule has 5 rings (SSSR count). The van der Waals surface area contributed by atoms with Gasteiger partial charge in [-0.2, -0.15) is 0 Å². The minimum absolute atomic E-state index is 0.0425. The van der Waals surface area contributed by atoms with Gasteiger partial charge in [-0.25, -0.2) is 9.97 Å². The number of thiophene rings is 1. The Balaban J connectivity index is 1.57. The number of aromatic nitrogens is 2. The number of carbonyl (C=O) groups excluding carboxylic acids is 2. The van der Waals surface area contributed by atoms with Crippen LogP contribution in [0.4, 0.5) is 17.2 Å². The number of halogens is 1. The van der Waals surface area contributed by atoms with Gasteiger partial charge in [0.15, 0.2) is 0 Å². The van der Waals surface area contributed by atoms with Crippen LogP contribution in [-0.2, 0) is 0 Å². The van der Waals surface area contributed by atoms with Crippen molar-refractivity contribution >= 4 is 82.2 Å². The van der Waals surface area contributed by atoms with Crippen LogP contribution in [0.15, 0.2) is 36.5 Å². The second-order valence-electron chi connectivity index (χ2n) is 7.65. The topological polar surface area (TPSA) is 108 Å². The SMILES string of the molecule is C[C@@H]1CNc2c(sc3ccc4nc(Nc5cc(Cl)ncc5C(=O)NCP)ccc4c23)C(=O)N1. The fourth-order valence-corrected chi connectivity index (χ4v) is 5.28. The molecule has 11 heteroatoms. The quantitative estimate of drug-likeness (QED) is 0.246. The van der Waals surface area contributed by atoms with E-state index in [2.05, 4.69) is 35.5 Å². The molecule has 0 bridgehead atoms. The maximum Gasteiger partial charge on any atom is 0.263 e. The fraction of sp³-hybridized carbons (Fsp3) is 0.182. The summed E-state index contributed by atoms with van der Waals surface area (Å²) >= 11 is 7.54. The Morgan fingerprint density at radius 2 is 2.18 bits per heavy atom. The predicted molar refractivity (Wildman–Crippen MR) is 137 cm³/mol. The Bertz CT molecular complexity index is 1430. The molecular formula is C22H20ClN6O2PS. The number of pyridine rings is 2. The van der Waals surface area contributed by atoms with Crippen LogP contribution in [0.25, 0.3) is 21.0 Å². The third kappa shape index (κ3) is 4.08. The summed E-state index contributed by atoms with van der Waals surface area (Å²) in [6.45, 7) is 2.62. The molecule has 4 N–H and O–H groups in total. The summed E-state index contributed by atoms with van der Waals surface area (Å²) in [5.74, 6) is 0.234. The van der Waals surface area contributed by atoms with Crippen LogP contribution in [0.1, 0.15) is 27.0 Å². The van der Waals surface area contributed by atoms with Crippen molar-refractivity contribution in [2.45, 2.75) is 13.0 Å². The first-order valence-electron chi connectivity index (χ1n) is 10.3. The van der Waals surface area contributed by atoms with Gasteiger partial charge >= 0.3 is 0 Å². The average molecular weight is 499 g/mol. The van der Waals surface area contributed by atoms with Crippen LogP contribution in [-0.4, -0.2) is 40.7 Å². The molecule has 168 valence electrons. The van der Waals surface area contributed by atoms with Gasteiger partial charge in [0, 0.05) is 40.5 Å². The molecule has 0 radical (unpaired) electrons. The van der Waals surface area contributed by atoms with E-state index in [1.807, 2.05) is 31.2 Å². The second-order valence-corrected chi connectivity index (χ2v) is 9.50. The number of rotatable bonds is 4. The molecule has 0 saturated heterocycles. The highest BCUT2D eigenvalue weighted by Crippen LogP contribution is 2.41. The third-order valence-electron chi connectivity index (χ3n) is 5.33. The van der Waals surface area contributed by atoms with E-state index in [0.717, 1.165) is 26.7 Å². The lowest BCUT2D eigenvalue weighted by Crippen LogP contribution is -2.34. The van der Waals surface area contributed by atoms with E-state index in [-0.39, 0.29) is 23.0 Å². The molecule has 0 saturated carbocycles. The lowest BCUT2D eigenvalue weighted by Gasteiger charge is -2.12. The molecule has 2 atom stereocenters. The number of fused-ring (bicyclic) bond motifs is 5. The first-order chi connectivity index (χ1) is 15.9. The standard InChI is InChI=1S/C22H20ClN6O2PS/c1-10-7-25-19-18-11-2-5-17(28-13(11)3-4-15(18)33-20(19)22(31)27-10)29-14-6-16(23)24-8-12(14)21(30)26-9-32/h2-6,8,10,25H,7,9,32H2,1H3,(H,26,30)(H,27,31)(H,24,28,29)/t10-/m1/s1. The van der Waals surface area contributed by atoms with Gasteiger partial charge in [0.05, 0.1) is 22.5 Å². The van der Waals surface area contributed by atoms with Gasteiger partial charge in [-0.15, -0.1) is 20.6 Å². The summed E-state index contributed by atoms with van der Waals surface area (Å²) in [7, 11) is 2.45. The number of anilines is 3. The molecular weight excluding hydrogens is 479 g/mol. The zero-order chi connectivity index (χ0) is 23.1. The largest absolute Gasteiger partial charge is 0.381 e. The highest BCUT2D eigenvalue weighted by Gasteiger charge is 2.24. The van der Waals surface area contributed by atoms with Crippen molar-refractivity contribution in [2.24, 2.45) is 0 Å². The van der Waals surface area contributed by atoms with E-state index in [1.165, 1.54) is 17.5 Å². The molecule has 1 unspecified atom stereocenters. The van der Waals surface area contributed by atoms with Crippen LogP contribution in [0.3, 0.4) is 0 Å². The van der Waals surface area contributed by atoms with Gasteiger partial charge in [-0.05, 0) is 37.3 Å². The van der Waals surface area contributed by atoms with Crippen LogP contribution in [0, 0.1) is 0 Å². The minimum Gasteiger partial charge on any atom is -0.381 e. The van der Waals surface area contributed by atoms with Crippen LogP contribution in [0.5, 0.6) is 0 Å². The van der Waals surface area contributed by atoms with Crippen molar-refractivity contribution in [1.29, 1.82) is 0 Å². The Labute approximate surface area is 200 Å². The molecule has 4 heterocycles. The monoisotopic (exact) mass is 498 g/mol. The molecule has 0 fully saturated rings. The van der Waals surface area contributed by atoms with E-state index in [1.54, 1.807) is 6.07 Å². The zero-order valence-electron chi connectivity index (χ0n) is 17.5. The first-order valence-corrected chi connectivity index (χ1v) is 12.3. The Morgan fingerprint density at radius 3 is 3.00 bits per heavy atom. The molecule has 0 aliphatic carbocycles. The van der Waals surface area contributed by atoms with Crippen molar-refractivity contribution in [3.63, 3.8) is 0 Å². The Kier molecular flexibility index (Phi) is 5.78. The van der Waals surface area contributed by atoms with E-state index in [9.17, 15) is 9.59 Å². The second kappa shape index (κ2) is 8.74. The molecule has 1 aliphatic heterocycles. The number of nitrogens with one attached hydrogen (secondary N) is 4. The maximum absolute atomic E-state index is 12.6. The lowest BCUT2D eigenvalue weighted by molar-refractivity contribution is 0.0945. The molecule has 3 aromatic heterocycles. The highest BCUT2D eigenvalue weighted by atomic mass is 35.5. The van der Waals surface area contributed by atoms with Crippen molar-refractivity contribution in [3.05, 3.63) is 52.1 Å². The van der Waals surface area contributed by atoms with Crippen molar-refractivity contribution in [2.75, 3.05) is 23.5 Å². The third-order valence-corrected chi connectivity index (χ3v) is 6.90. The van der Waals surface area contributed by atoms with Crippen LogP contribution in [0.2, 0.25) is 5.15 Å². The van der Waals surface area contributed by atoms with Gasteiger partial charge in [0.25, 0.3) is 11.8 Å². The van der Waals surface area contributed by atoms with Gasteiger partial charge in [-0.1, -0.05) is 11.6 Å². The molecule has 8 nitrogen and oxygen atoms in total. The first kappa shape index (κ1) is 21.8. The Morgan fingerprint density at radius 1 is 1.33 bits per heavy atom. The number of amides is 2. The molecule has 0 spiro atoms. The van der Waals surface area contributed by atoms with Crippen molar-refractivity contribution < 1.29 is 9.59 Å². The normalized spacial score (nSPS) is 15.5. The minimum atomic E-state index is -0.265. The molecule has 1 aromatic carbocycles. The summed E-state index contributed by atoms with van der Waals surface area (Å²) in [4.78, 5) is 34.5. The van der Waals surface area contributed by atoms with Crippen molar-refractivity contribution in [1.82, 2.24) is 20.6 Å². The van der Waals surface area contributed by atoms with E-state index >= 15 is 0 Å². The molecule has 4 aromatic rings. The van der Waals surface area contributed by atoms with Crippen molar-refractivity contribution in [3.8, 4) is 0 Å². The smallest absolute Gasteiger partial charge is 0.263 e. The highest BCUT2D eigenvalue weighted by molar-refractivity contribution is 7.21. The Hall–Kier alpha value is -3.00. The number of carbonyl (C=O) groups is 2.